The minimum absolute atomic E-state index is 0.0617. The Morgan fingerprint density at radius 3 is 2.22 bits per heavy atom. The van der Waals surface area contributed by atoms with Gasteiger partial charge in [0.2, 0.25) is 5.91 Å². The van der Waals surface area contributed by atoms with Gasteiger partial charge in [0.25, 0.3) is 5.91 Å². The van der Waals surface area contributed by atoms with E-state index in [9.17, 15) is 24.3 Å². The molecule has 0 saturated heterocycles. The van der Waals surface area contributed by atoms with Crippen LogP contribution in [0.4, 0.5) is 0 Å². The minimum Gasteiger partial charge on any atom is -0.478 e. The molecule has 1 aliphatic carbocycles. The number of nitrogens with one attached hydrogen (secondary N) is 1. The number of hydrogen-bond acceptors (Lipinski definition) is 4. The molecule has 0 aliphatic heterocycles. The standard InChI is InChI=1S/C29H36N2O5/c1-29(17-15-20(16-18-29)9-5-2-3-8-12-25(30)32)31-27(34)22-13-14-23(24(19-22)28(35)36)26(33)21-10-6-4-7-11-21/h4,6-7,10-11,13-14,19-20H,2-3,5,8-9,12,15-18H2,1H3,(H2,30,32)(H,31,34)(H,35,36)/t20-,29-. The van der Waals surface area contributed by atoms with Crippen LogP contribution in [0, 0.1) is 5.92 Å². The van der Waals surface area contributed by atoms with Crippen LogP contribution in [0.1, 0.15) is 108 Å². The van der Waals surface area contributed by atoms with E-state index in [4.69, 9.17) is 5.73 Å². The lowest BCUT2D eigenvalue weighted by atomic mass is 9.75. The molecule has 7 nitrogen and oxygen atoms in total. The van der Waals surface area contributed by atoms with Gasteiger partial charge in [-0.3, -0.25) is 14.4 Å². The molecule has 0 spiro atoms. The topological polar surface area (TPSA) is 127 Å². The molecule has 2 amide bonds. The first-order valence-corrected chi connectivity index (χ1v) is 12.8. The summed E-state index contributed by atoms with van der Waals surface area (Å²) in [5, 5.41) is 12.8. The molecular weight excluding hydrogens is 456 g/mol. The zero-order valence-corrected chi connectivity index (χ0v) is 20.9. The highest BCUT2D eigenvalue weighted by molar-refractivity contribution is 6.15. The zero-order valence-electron chi connectivity index (χ0n) is 20.9. The number of aromatic carboxylic acids is 1. The summed E-state index contributed by atoms with van der Waals surface area (Å²) in [5.41, 5.74) is 5.33. The van der Waals surface area contributed by atoms with E-state index in [-0.39, 0.29) is 34.0 Å². The van der Waals surface area contributed by atoms with Crippen LogP contribution in [-0.2, 0) is 4.79 Å². The van der Waals surface area contributed by atoms with E-state index in [0.29, 0.717) is 17.9 Å². The maximum Gasteiger partial charge on any atom is 0.336 e. The maximum absolute atomic E-state index is 13.0. The second-order valence-electron chi connectivity index (χ2n) is 10.1. The van der Waals surface area contributed by atoms with E-state index in [1.54, 1.807) is 30.3 Å². The van der Waals surface area contributed by atoms with Crippen LogP contribution in [0.5, 0.6) is 0 Å². The first-order chi connectivity index (χ1) is 17.2. The third-order valence-corrected chi connectivity index (χ3v) is 7.20. The second kappa shape index (κ2) is 12.5. The molecule has 0 aromatic heterocycles. The lowest BCUT2D eigenvalue weighted by molar-refractivity contribution is -0.118. The molecule has 2 aromatic carbocycles. The number of carbonyl (C=O) groups excluding carboxylic acids is 3. The molecule has 36 heavy (non-hydrogen) atoms. The van der Waals surface area contributed by atoms with Crippen LogP contribution >= 0.6 is 0 Å². The van der Waals surface area contributed by atoms with Crippen molar-refractivity contribution in [2.75, 3.05) is 0 Å². The van der Waals surface area contributed by atoms with Crippen molar-refractivity contribution < 1.29 is 24.3 Å². The van der Waals surface area contributed by atoms with Crippen molar-refractivity contribution in [3.8, 4) is 0 Å². The average molecular weight is 493 g/mol. The maximum atomic E-state index is 13.0. The van der Waals surface area contributed by atoms with Gasteiger partial charge >= 0.3 is 5.97 Å². The Hall–Kier alpha value is -3.48. The van der Waals surface area contributed by atoms with Gasteiger partial charge in [0.1, 0.15) is 0 Å². The van der Waals surface area contributed by atoms with Gasteiger partial charge in [0, 0.05) is 28.7 Å². The Morgan fingerprint density at radius 1 is 0.917 bits per heavy atom. The largest absolute Gasteiger partial charge is 0.478 e. The summed E-state index contributed by atoms with van der Waals surface area (Å²) in [6.45, 7) is 2.04. The van der Waals surface area contributed by atoms with Gasteiger partial charge in [0.15, 0.2) is 5.78 Å². The number of rotatable bonds is 12. The fourth-order valence-electron chi connectivity index (χ4n) is 4.97. The zero-order chi connectivity index (χ0) is 26.1. The van der Waals surface area contributed by atoms with Crippen molar-refractivity contribution in [3.63, 3.8) is 0 Å². The van der Waals surface area contributed by atoms with E-state index < -0.39 is 11.8 Å². The van der Waals surface area contributed by atoms with Crippen LogP contribution in [0.25, 0.3) is 0 Å². The number of hydrogen-bond donors (Lipinski definition) is 3. The lowest BCUT2D eigenvalue weighted by Gasteiger charge is -2.38. The van der Waals surface area contributed by atoms with Gasteiger partial charge in [0.05, 0.1) is 5.56 Å². The smallest absolute Gasteiger partial charge is 0.336 e. The Bertz CT molecular complexity index is 1090. The number of benzene rings is 2. The van der Waals surface area contributed by atoms with Gasteiger partial charge in [-0.25, -0.2) is 4.79 Å². The molecule has 0 atom stereocenters. The van der Waals surface area contributed by atoms with Crippen molar-refractivity contribution >= 4 is 23.6 Å². The number of amides is 2. The Kier molecular flexibility index (Phi) is 9.39. The third kappa shape index (κ3) is 7.51. The number of carboxylic acids is 1. The van der Waals surface area contributed by atoms with Crippen molar-refractivity contribution in [2.24, 2.45) is 11.7 Å². The van der Waals surface area contributed by atoms with Crippen LogP contribution in [-0.4, -0.2) is 34.2 Å². The van der Waals surface area contributed by atoms with Gasteiger partial charge in [-0.1, -0.05) is 56.0 Å². The molecule has 1 saturated carbocycles. The van der Waals surface area contributed by atoms with Crippen LogP contribution in [0.15, 0.2) is 48.5 Å². The fourth-order valence-corrected chi connectivity index (χ4v) is 4.97. The molecule has 2 aromatic rings. The summed E-state index contributed by atoms with van der Waals surface area (Å²) in [5.74, 6) is -1.57. The molecule has 1 fully saturated rings. The van der Waals surface area contributed by atoms with Crippen LogP contribution in [0.2, 0.25) is 0 Å². The third-order valence-electron chi connectivity index (χ3n) is 7.20. The number of primary amides is 1. The Morgan fingerprint density at radius 2 is 1.58 bits per heavy atom. The summed E-state index contributed by atoms with van der Waals surface area (Å²) in [6, 6.07) is 12.7. The monoisotopic (exact) mass is 492 g/mol. The van der Waals surface area contributed by atoms with E-state index in [2.05, 4.69) is 5.32 Å². The van der Waals surface area contributed by atoms with E-state index in [1.807, 2.05) is 6.92 Å². The van der Waals surface area contributed by atoms with Gasteiger partial charge in [-0.2, -0.15) is 0 Å². The first-order valence-electron chi connectivity index (χ1n) is 12.8. The number of ketones is 1. The Balaban J connectivity index is 1.55. The summed E-state index contributed by atoms with van der Waals surface area (Å²) in [4.78, 5) is 48.5. The van der Waals surface area contributed by atoms with E-state index in [0.717, 1.165) is 57.8 Å². The molecule has 1 aliphatic rings. The Labute approximate surface area is 212 Å². The number of nitrogens with two attached hydrogens (primary N) is 1. The fraction of sp³-hybridized carbons (Fsp3) is 0.448. The lowest BCUT2D eigenvalue weighted by Crippen LogP contribution is -2.48. The normalized spacial score (nSPS) is 19.4. The molecule has 3 rings (SSSR count). The summed E-state index contributed by atoms with van der Waals surface area (Å²) < 4.78 is 0. The highest BCUT2D eigenvalue weighted by atomic mass is 16.4. The number of carboxylic acid groups (broad SMARTS) is 1. The molecule has 7 heteroatoms. The quantitative estimate of drug-likeness (QED) is 0.280. The predicted molar refractivity (Wildman–Crippen MR) is 138 cm³/mol. The molecule has 4 N–H and O–H groups in total. The SMILES string of the molecule is C[C@]1(NC(=O)c2ccc(C(=O)c3ccccc3)c(C(=O)O)c2)CC[C@H](CCCCCCC(N)=O)CC1. The highest BCUT2D eigenvalue weighted by Crippen LogP contribution is 2.35. The van der Waals surface area contributed by atoms with Crippen molar-refractivity contribution in [2.45, 2.75) is 76.7 Å². The predicted octanol–water partition coefficient (Wildman–Crippen LogP) is 5.12. The first kappa shape index (κ1) is 27.1. The number of unbranched alkanes of at least 4 members (excludes halogenated alkanes) is 3. The highest BCUT2D eigenvalue weighted by Gasteiger charge is 2.32. The van der Waals surface area contributed by atoms with Crippen molar-refractivity contribution in [1.29, 1.82) is 0 Å². The molecule has 0 heterocycles. The second-order valence-corrected chi connectivity index (χ2v) is 10.1. The van der Waals surface area contributed by atoms with Gasteiger partial charge in [-0.05, 0) is 63.1 Å². The summed E-state index contributed by atoms with van der Waals surface area (Å²) in [6.07, 6.45) is 9.52. The van der Waals surface area contributed by atoms with Gasteiger partial charge in [-0.15, -0.1) is 0 Å². The number of carbonyl (C=O) groups is 4. The van der Waals surface area contributed by atoms with Crippen molar-refractivity contribution in [3.05, 3.63) is 70.8 Å². The van der Waals surface area contributed by atoms with Gasteiger partial charge < -0.3 is 16.2 Å². The minimum atomic E-state index is -1.25. The molecular formula is C29H36N2O5. The molecule has 0 bridgehead atoms. The van der Waals surface area contributed by atoms with E-state index >= 15 is 0 Å². The van der Waals surface area contributed by atoms with Crippen LogP contribution < -0.4 is 11.1 Å². The van der Waals surface area contributed by atoms with Crippen LogP contribution in [0.3, 0.4) is 0 Å². The molecule has 0 unspecified atom stereocenters. The summed E-state index contributed by atoms with van der Waals surface area (Å²) >= 11 is 0. The average Bonchev–Trinajstić information content (AvgIpc) is 2.86. The molecule has 0 radical (unpaired) electrons. The summed E-state index contributed by atoms with van der Waals surface area (Å²) in [7, 11) is 0. The molecule has 192 valence electrons. The van der Waals surface area contributed by atoms with Crippen molar-refractivity contribution in [1.82, 2.24) is 5.32 Å². The van der Waals surface area contributed by atoms with E-state index in [1.165, 1.54) is 18.2 Å².